The Morgan fingerprint density at radius 3 is 2.29 bits per heavy atom. The predicted molar refractivity (Wildman–Crippen MR) is 155 cm³/mol. The van der Waals surface area contributed by atoms with Gasteiger partial charge in [0.05, 0.1) is 10.0 Å². The van der Waals surface area contributed by atoms with Crippen molar-refractivity contribution in [3.8, 4) is 0 Å². The van der Waals surface area contributed by atoms with E-state index in [-0.39, 0.29) is 11.8 Å². The van der Waals surface area contributed by atoms with E-state index in [9.17, 15) is 14.4 Å². The standard InChI is InChI=1S/C23H28N2O2.C7H5Cl2NO/c26-22(15-6-2-5-12-19-10-3-1-4-11-19)24-21-14-9-13-20(18-21)23(27)25-16-7-8-17-25;8-6-2-1-5(10-4-11)3-7(6)9/h1,3-4,9-11,13-14,18H,2,5-8,12,15-17H2,(H,24,26);1-4H,(H,10,11). The predicted octanol–water partition coefficient (Wildman–Crippen LogP) is 7.23. The summed E-state index contributed by atoms with van der Waals surface area (Å²) in [5, 5.41) is 6.28. The summed E-state index contributed by atoms with van der Waals surface area (Å²) in [6.07, 6.45) is 7.32. The molecular weight excluding hydrogens is 521 g/mol. The number of anilines is 2. The van der Waals surface area contributed by atoms with Crippen LogP contribution in [0.2, 0.25) is 10.0 Å². The molecule has 1 fully saturated rings. The normalized spacial score (nSPS) is 12.3. The molecule has 3 amide bonds. The molecule has 1 aliphatic heterocycles. The Balaban J connectivity index is 0.000000304. The first-order valence-electron chi connectivity index (χ1n) is 12.8. The van der Waals surface area contributed by atoms with E-state index in [0.717, 1.165) is 51.6 Å². The zero-order valence-corrected chi connectivity index (χ0v) is 22.8. The van der Waals surface area contributed by atoms with Crippen molar-refractivity contribution >= 4 is 52.8 Å². The fraction of sp³-hybridized carbons (Fsp3) is 0.300. The second-order valence-corrected chi connectivity index (χ2v) is 9.88. The molecule has 6 nitrogen and oxygen atoms in total. The first-order valence-corrected chi connectivity index (χ1v) is 13.6. The number of likely N-dealkylation sites (tertiary alicyclic amines) is 1. The number of nitrogens with one attached hydrogen (secondary N) is 2. The summed E-state index contributed by atoms with van der Waals surface area (Å²) < 4.78 is 0. The lowest BCUT2D eigenvalue weighted by Gasteiger charge is -2.15. The van der Waals surface area contributed by atoms with Gasteiger partial charge in [-0.3, -0.25) is 14.4 Å². The number of benzene rings is 3. The topological polar surface area (TPSA) is 78.5 Å². The summed E-state index contributed by atoms with van der Waals surface area (Å²) >= 11 is 11.3. The molecule has 3 aromatic rings. The van der Waals surface area contributed by atoms with Crippen LogP contribution in [0.5, 0.6) is 0 Å². The highest BCUT2D eigenvalue weighted by molar-refractivity contribution is 6.42. The van der Waals surface area contributed by atoms with Crippen molar-refractivity contribution in [3.63, 3.8) is 0 Å². The molecule has 2 N–H and O–H groups in total. The Morgan fingerprint density at radius 1 is 0.816 bits per heavy atom. The van der Waals surface area contributed by atoms with Crippen molar-refractivity contribution in [3.05, 3.63) is 94.0 Å². The lowest BCUT2D eigenvalue weighted by molar-refractivity contribution is -0.116. The summed E-state index contributed by atoms with van der Waals surface area (Å²) in [6, 6.07) is 22.6. The molecule has 0 atom stereocenters. The maximum absolute atomic E-state index is 12.5. The summed E-state index contributed by atoms with van der Waals surface area (Å²) in [7, 11) is 0. The zero-order valence-electron chi connectivity index (χ0n) is 21.3. The highest BCUT2D eigenvalue weighted by Crippen LogP contribution is 2.24. The third kappa shape index (κ3) is 9.84. The van der Waals surface area contributed by atoms with E-state index in [4.69, 9.17) is 23.2 Å². The molecule has 0 aliphatic carbocycles. The van der Waals surface area contributed by atoms with Crippen LogP contribution in [0.15, 0.2) is 72.8 Å². The SMILES string of the molecule is O=C(CCCCCc1ccccc1)Nc1cccc(C(=O)N2CCCC2)c1.O=CNc1ccc(Cl)c(Cl)c1. The first-order chi connectivity index (χ1) is 18.5. The van der Waals surface area contributed by atoms with Gasteiger partial charge >= 0.3 is 0 Å². The van der Waals surface area contributed by atoms with Crippen molar-refractivity contribution in [2.45, 2.75) is 44.9 Å². The van der Waals surface area contributed by atoms with Gasteiger partial charge in [-0.15, -0.1) is 0 Å². The van der Waals surface area contributed by atoms with Crippen LogP contribution in [-0.4, -0.2) is 36.2 Å². The smallest absolute Gasteiger partial charge is 0.253 e. The van der Waals surface area contributed by atoms with Crippen LogP contribution in [0.25, 0.3) is 0 Å². The molecule has 38 heavy (non-hydrogen) atoms. The fourth-order valence-corrected chi connectivity index (χ4v) is 4.44. The molecule has 200 valence electrons. The number of nitrogens with zero attached hydrogens (tertiary/aromatic N) is 1. The van der Waals surface area contributed by atoms with Gasteiger partial charge in [0.25, 0.3) is 5.91 Å². The largest absolute Gasteiger partial charge is 0.339 e. The minimum absolute atomic E-state index is 0.0143. The maximum Gasteiger partial charge on any atom is 0.253 e. The number of rotatable bonds is 10. The Morgan fingerprint density at radius 2 is 1.58 bits per heavy atom. The number of aryl methyl sites for hydroxylation is 1. The van der Waals surface area contributed by atoms with Crippen molar-refractivity contribution in [1.82, 2.24) is 4.90 Å². The first kappa shape index (κ1) is 29.2. The lowest BCUT2D eigenvalue weighted by Crippen LogP contribution is -2.27. The van der Waals surface area contributed by atoms with Crippen LogP contribution in [0, 0.1) is 0 Å². The van der Waals surface area contributed by atoms with Gasteiger partial charge in [-0.2, -0.15) is 0 Å². The van der Waals surface area contributed by atoms with Gasteiger partial charge in [-0.05, 0) is 74.1 Å². The number of hydrogen-bond donors (Lipinski definition) is 2. The van der Waals surface area contributed by atoms with Gasteiger partial charge in [-0.25, -0.2) is 0 Å². The number of halogens is 2. The molecule has 4 rings (SSSR count). The summed E-state index contributed by atoms with van der Waals surface area (Å²) in [5.74, 6) is 0.0741. The zero-order chi connectivity index (χ0) is 27.2. The maximum atomic E-state index is 12.5. The number of carbonyl (C=O) groups is 3. The summed E-state index contributed by atoms with van der Waals surface area (Å²) in [4.78, 5) is 36.5. The third-order valence-electron chi connectivity index (χ3n) is 6.14. The number of unbranched alkanes of at least 4 members (excludes halogenated alkanes) is 2. The highest BCUT2D eigenvalue weighted by Gasteiger charge is 2.19. The number of hydrogen-bond acceptors (Lipinski definition) is 3. The van der Waals surface area contributed by atoms with Gasteiger partial charge in [-0.1, -0.05) is 66.0 Å². The van der Waals surface area contributed by atoms with Gasteiger partial charge in [0, 0.05) is 36.4 Å². The van der Waals surface area contributed by atoms with Crippen LogP contribution >= 0.6 is 23.2 Å². The van der Waals surface area contributed by atoms with Crippen LogP contribution in [0.4, 0.5) is 11.4 Å². The Kier molecular flexibility index (Phi) is 12.1. The van der Waals surface area contributed by atoms with Crippen molar-refractivity contribution in [2.75, 3.05) is 23.7 Å². The van der Waals surface area contributed by atoms with Gasteiger partial charge in [0.1, 0.15) is 0 Å². The molecule has 0 unspecified atom stereocenters. The van der Waals surface area contributed by atoms with E-state index in [1.54, 1.807) is 24.3 Å². The molecule has 1 heterocycles. The Labute approximate surface area is 234 Å². The molecule has 0 saturated carbocycles. The molecule has 1 saturated heterocycles. The fourth-order valence-electron chi connectivity index (χ4n) is 4.15. The van der Waals surface area contributed by atoms with E-state index < -0.39 is 0 Å². The molecule has 3 aromatic carbocycles. The van der Waals surface area contributed by atoms with Crippen molar-refractivity contribution in [1.29, 1.82) is 0 Å². The summed E-state index contributed by atoms with van der Waals surface area (Å²) in [5.41, 5.74) is 3.34. The minimum Gasteiger partial charge on any atom is -0.339 e. The second-order valence-electron chi connectivity index (χ2n) is 9.07. The molecule has 0 radical (unpaired) electrons. The van der Waals surface area contributed by atoms with E-state index in [1.807, 2.05) is 29.2 Å². The minimum atomic E-state index is 0.0143. The lowest BCUT2D eigenvalue weighted by atomic mass is 10.1. The second kappa shape index (κ2) is 15.8. The van der Waals surface area contributed by atoms with E-state index in [0.29, 0.717) is 39.8 Å². The number of carbonyl (C=O) groups excluding carboxylic acids is 3. The monoisotopic (exact) mass is 553 g/mol. The molecule has 0 spiro atoms. The molecule has 0 aromatic heterocycles. The Hall–Kier alpha value is -3.35. The van der Waals surface area contributed by atoms with Crippen LogP contribution in [0.3, 0.4) is 0 Å². The highest BCUT2D eigenvalue weighted by atomic mass is 35.5. The average molecular weight is 555 g/mol. The van der Waals surface area contributed by atoms with E-state index >= 15 is 0 Å². The average Bonchev–Trinajstić information content (AvgIpc) is 3.47. The molecule has 0 bridgehead atoms. The van der Waals surface area contributed by atoms with E-state index in [2.05, 4.69) is 34.9 Å². The van der Waals surface area contributed by atoms with Crippen LogP contribution in [0.1, 0.15) is 54.4 Å². The number of amides is 3. The van der Waals surface area contributed by atoms with Gasteiger partial charge in [0.2, 0.25) is 12.3 Å². The van der Waals surface area contributed by atoms with Gasteiger partial charge < -0.3 is 15.5 Å². The summed E-state index contributed by atoms with van der Waals surface area (Å²) in [6.45, 7) is 1.66. The van der Waals surface area contributed by atoms with E-state index in [1.165, 1.54) is 5.56 Å². The quantitative estimate of drug-likeness (QED) is 0.205. The Bertz CT molecular complexity index is 1200. The van der Waals surface area contributed by atoms with Gasteiger partial charge in [0.15, 0.2) is 0 Å². The van der Waals surface area contributed by atoms with Crippen molar-refractivity contribution in [2.24, 2.45) is 0 Å². The molecule has 8 heteroatoms. The molecule has 1 aliphatic rings. The van der Waals surface area contributed by atoms with Crippen molar-refractivity contribution < 1.29 is 14.4 Å². The third-order valence-corrected chi connectivity index (χ3v) is 6.88. The van der Waals surface area contributed by atoms with Crippen LogP contribution < -0.4 is 10.6 Å². The molecular formula is C30H33Cl2N3O3. The van der Waals surface area contributed by atoms with Crippen LogP contribution in [-0.2, 0) is 16.0 Å².